The molecule has 0 aromatic rings. The average Bonchev–Trinajstić information content (AvgIpc) is 2.59. The van der Waals surface area contributed by atoms with E-state index >= 15 is 0 Å². The van der Waals surface area contributed by atoms with Crippen LogP contribution in [0.4, 0.5) is 0 Å². The number of guanidine groups is 1. The van der Waals surface area contributed by atoms with Gasteiger partial charge in [-0.05, 0) is 31.7 Å². The van der Waals surface area contributed by atoms with E-state index in [-0.39, 0.29) is 24.0 Å². The van der Waals surface area contributed by atoms with Gasteiger partial charge in [0.15, 0.2) is 5.96 Å². The van der Waals surface area contributed by atoms with Gasteiger partial charge in [0.2, 0.25) is 0 Å². The lowest BCUT2D eigenvalue weighted by Gasteiger charge is -2.35. The number of rotatable bonds is 11. The fourth-order valence-electron chi connectivity index (χ4n) is 3.26. The van der Waals surface area contributed by atoms with Crippen LogP contribution in [0.2, 0.25) is 0 Å². The predicted octanol–water partition coefficient (Wildman–Crippen LogP) is 3.26. The molecular weight excluding hydrogens is 437 g/mol. The van der Waals surface area contributed by atoms with Crippen molar-refractivity contribution < 1.29 is 0 Å². The lowest BCUT2D eigenvalue weighted by Crippen LogP contribution is -2.47. The van der Waals surface area contributed by atoms with Crippen molar-refractivity contribution >= 4 is 29.9 Å². The molecule has 1 fully saturated rings. The van der Waals surface area contributed by atoms with E-state index in [1.165, 1.54) is 52.0 Å². The molecule has 1 atom stereocenters. The molecule has 2 N–H and O–H groups in total. The Kier molecular flexibility index (Phi) is 15.9. The number of hydrogen-bond acceptors (Lipinski definition) is 3. The first-order valence-electron chi connectivity index (χ1n) is 10.5. The number of nitrogens with one attached hydrogen (secondary N) is 2. The highest BCUT2D eigenvalue weighted by molar-refractivity contribution is 14.0. The van der Waals surface area contributed by atoms with Crippen LogP contribution in [0, 0.1) is 11.8 Å². The first kappa shape index (κ1) is 25.9. The largest absolute Gasteiger partial charge is 0.357 e. The average molecular weight is 482 g/mol. The fraction of sp³-hybridized carbons (Fsp3) is 0.950. The standard InChI is InChI=1S/C20H43N5.HI/c1-6-21-20(22-11-9-8-10-18(3)4)23-16-19(5)17-25-14-12-24(7-2)13-15-25;/h18-19H,6-17H2,1-5H3,(H2,21,22,23);1H. The topological polar surface area (TPSA) is 42.9 Å². The molecule has 5 nitrogen and oxygen atoms in total. The summed E-state index contributed by atoms with van der Waals surface area (Å²) in [7, 11) is 0. The second-order valence-electron chi connectivity index (χ2n) is 7.88. The Balaban J connectivity index is 0.00000625. The minimum Gasteiger partial charge on any atom is -0.357 e. The molecule has 1 unspecified atom stereocenters. The molecule has 0 spiro atoms. The summed E-state index contributed by atoms with van der Waals surface area (Å²) in [5.74, 6) is 2.39. The van der Waals surface area contributed by atoms with Gasteiger partial charge in [0.1, 0.15) is 0 Å². The highest BCUT2D eigenvalue weighted by Gasteiger charge is 2.17. The van der Waals surface area contributed by atoms with Gasteiger partial charge in [-0.1, -0.05) is 40.5 Å². The molecule has 26 heavy (non-hydrogen) atoms. The SMILES string of the molecule is CCNC(=NCC(C)CN1CCN(CC)CC1)NCCCCC(C)C.I. The Labute approximate surface area is 179 Å². The van der Waals surface area contributed by atoms with Crippen LogP contribution in [0.1, 0.15) is 53.9 Å². The smallest absolute Gasteiger partial charge is 0.191 e. The quantitative estimate of drug-likeness (QED) is 0.206. The van der Waals surface area contributed by atoms with Crippen LogP contribution in [0.15, 0.2) is 4.99 Å². The Bertz CT molecular complexity index is 354. The second-order valence-corrected chi connectivity index (χ2v) is 7.88. The highest BCUT2D eigenvalue weighted by Crippen LogP contribution is 2.06. The minimum atomic E-state index is 0. The molecule has 0 bridgehead atoms. The predicted molar refractivity (Wildman–Crippen MR) is 126 cm³/mol. The number of halogens is 1. The van der Waals surface area contributed by atoms with E-state index in [0.29, 0.717) is 5.92 Å². The van der Waals surface area contributed by atoms with Crippen molar-refractivity contribution in [1.82, 2.24) is 20.4 Å². The number of piperazine rings is 1. The van der Waals surface area contributed by atoms with Crippen molar-refractivity contribution in [2.45, 2.75) is 53.9 Å². The number of hydrogen-bond donors (Lipinski definition) is 2. The van der Waals surface area contributed by atoms with Crippen LogP contribution in [0.25, 0.3) is 0 Å². The summed E-state index contributed by atoms with van der Waals surface area (Å²) >= 11 is 0. The third-order valence-corrected chi connectivity index (χ3v) is 4.89. The first-order chi connectivity index (χ1) is 12.0. The van der Waals surface area contributed by atoms with Crippen molar-refractivity contribution in [1.29, 1.82) is 0 Å². The summed E-state index contributed by atoms with van der Waals surface area (Å²) in [6.07, 6.45) is 3.84. The summed E-state index contributed by atoms with van der Waals surface area (Å²) in [6.45, 7) is 21.3. The molecule has 0 radical (unpaired) electrons. The number of likely N-dealkylation sites (N-methyl/N-ethyl adjacent to an activating group) is 1. The van der Waals surface area contributed by atoms with E-state index in [2.05, 4.69) is 55.1 Å². The molecule has 0 aliphatic carbocycles. The van der Waals surface area contributed by atoms with Gasteiger partial charge in [-0.15, -0.1) is 24.0 Å². The van der Waals surface area contributed by atoms with Gasteiger partial charge in [0, 0.05) is 52.4 Å². The number of nitrogens with zero attached hydrogens (tertiary/aromatic N) is 3. The molecule has 6 heteroatoms. The summed E-state index contributed by atoms with van der Waals surface area (Å²) in [5, 5.41) is 6.86. The van der Waals surface area contributed by atoms with Crippen molar-refractivity contribution in [2.75, 3.05) is 58.9 Å². The lowest BCUT2D eigenvalue weighted by molar-refractivity contribution is 0.125. The van der Waals surface area contributed by atoms with Gasteiger partial charge >= 0.3 is 0 Å². The zero-order valence-electron chi connectivity index (χ0n) is 17.9. The zero-order chi connectivity index (χ0) is 18.5. The number of aliphatic imine (C=N–C) groups is 1. The fourth-order valence-corrected chi connectivity index (χ4v) is 3.26. The third kappa shape index (κ3) is 12.3. The van der Waals surface area contributed by atoms with Crippen LogP contribution in [-0.4, -0.2) is 74.7 Å². The molecule has 1 aliphatic rings. The van der Waals surface area contributed by atoms with Gasteiger partial charge in [0.05, 0.1) is 0 Å². The Hall–Kier alpha value is -0.0800. The summed E-state index contributed by atoms with van der Waals surface area (Å²) in [4.78, 5) is 9.93. The Morgan fingerprint density at radius 3 is 2.19 bits per heavy atom. The number of unbranched alkanes of at least 4 members (excludes halogenated alkanes) is 1. The molecule has 156 valence electrons. The molecule has 0 aromatic carbocycles. The molecule has 1 aliphatic heterocycles. The normalized spacial score (nSPS) is 17.8. The van der Waals surface area contributed by atoms with Crippen LogP contribution in [0.5, 0.6) is 0 Å². The van der Waals surface area contributed by atoms with Gasteiger partial charge in [-0.25, -0.2) is 0 Å². The van der Waals surface area contributed by atoms with E-state index in [4.69, 9.17) is 4.99 Å². The van der Waals surface area contributed by atoms with Crippen LogP contribution in [0.3, 0.4) is 0 Å². The second kappa shape index (κ2) is 15.9. The van der Waals surface area contributed by atoms with E-state index in [1.54, 1.807) is 0 Å². The maximum absolute atomic E-state index is 4.80. The highest BCUT2D eigenvalue weighted by atomic mass is 127. The minimum absolute atomic E-state index is 0. The Morgan fingerprint density at radius 1 is 0.962 bits per heavy atom. The molecule has 1 heterocycles. The summed E-state index contributed by atoms with van der Waals surface area (Å²) < 4.78 is 0. The third-order valence-electron chi connectivity index (χ3n) is 4.89. The van der Waals surface area contributed by atoms with E-state index in [1.807, 2.05) is 0 Å². The van der Waals surface area contributed by atoms with E-state index in [0.717, 1.165) is 38.1 Å². The molecule has 0 amide bonds. The first-order valence-corrected chi connectivity index (χ1v) is 10.5. The van der Waals surface area contributed by atoms with Crippen molar-refractivity contribution in [2.24, 2.45) is 16.8 Å². The van der Waals surface area contributed by atoms with E-state index < -0.39 is 0 Å². The molecule has 1 rings (SSSR count). The van der Waals surface area contributed by atoms with Gasteiger partial charge in [0.25, 0.3) is 0 Å². The van der Waals surface area contributed by atoms with Gasteiger partial charge in [-0.2, -0.15) is 0 Å². The zero-order valence-corrected chi connectivity index (χ0v) is 20.2. The van der Waals surface area contributed by atoms with Crippen molar-refractivity contribution in [3.05, 3.63) is 0 Å². The molecule has 0 saturated carbocycles. The molecular formula is C20H44IN5. The van der Waals surface area contributed by atoms with E-state index in [9.17, 15) is 0 Å². The van der Waals surface area contributed by atoms with Crippen molar-refractivity contribution in [3.8, 4) is 0 Å². The van der Waals surface area contributed by atoms with Crippen LogP contribution >= 0.6 is 24.0 Å². The summed E-state index contributed by atoms with van der Waals surface area (Å²) in [6, 6.07) is 0. The maximum Gasteiger partial charge on any atom is 0.191 e. The van der Waals surface area contributed by atoms with Gasteiger partial charge in [-0.3, -0.25) is 4.99 Å². The summed E-state index contributed by atoms with van der Waals surface area (Å²) in [5.41, 5.74) is 0. The molecule has 1 saturated heterocycles. The van der Waals surface area contributed by atoms with Crippen molar-refractivity contribution in [3.63, 3.8) is 0 Å². The molecule has 0 aromatic heterocycles. The Morgan fingerprint density at radius 2 is 1.62 bits per heavy atom. The van der Waals surface area contributed by atoms with Gasteiger partial charge < -0.3 is 20.4 Å². The monoisotopic (exact) mass is 481 g/mol. The maximum atomic E-state index is 4.80. The lowest BCUT2D eigenvalue weighted by atomic mass is 10.1. The van der Waals surface area contributed by atoms with Crippen LogP contribution in [-0.2, 0) is 0 Å². The van der Waals surface area contributed by atoms with Crippen LogP contribution < -0.4 is 10.6 Å².